The first-order valence-electron chi connectivity index (χ1n) is 7.99. The SMILES string of the molecule is CC(c1ccccc1)n1c(O)c(C=C2C=Nc3ccccc32)sc1=S. The average Bonchev–Trinajstić information content (AvgIpc) is 3.17. The molecule has 25 heavy (non-hydrogen) atoms. The maximum Gasteiger partial charge on any atom is 0.211 e. The molecule has 0 spiro atoms. The molecular weight excluding hydrogens is 348 g/mol. The first-order chi connectivity index (χ1) is 12.1. The second-order valence-electron chi connectivity index (χ2n) is 5.89. The van der Waals surface area contributed by atoms with Crippen molar-refractivity contribution in [3.63, 3.8) is 0 Å². The summed E-state index contributed by atoms with van der Waals surface area (Å²) >= 11 is 6.93. The van der Waals surface area contributed by atoms with Gasteiger partial charge in [0.15, 0.2) is 3.95 Å². The Labute approximate surface area is 155 Å². The molecule has 5 heteroatoms. The van der Waals surface area contributed by atoms with Gasteiger partial charge in [-0.05, 0) is 36.8 Å². The number of fused-ring (bicyclic) bond motifs is 1. The Bertz CT molecular complexity index is 1050. The predicted octanol–water partition coefficient (Wildman–Crippen LogP) is 5.85. The molecule has 1 atom stereocenters. The van der Waals surface area contributed by atoms with Crippen molar-refractivity contribution in [1.82, 2.24) is 4.57 Å². The highest BCUT2D eigenvalue weighted by Gasteiger charge is 2.18. The maximum atomic E-state index is 10.8. The zero-order valence-corrected chi connectivity index (χ0v) is 15.2. The molecule has 3 nitrogen and oxygen atoms in total. The molecule has 1 N–H and O–H groups in total. The summed E-state index contributed by atoms with van der Waals surface area (Å²) in [4.78, 5) is 5.17. The van der Waals surface area contributed by atoms with Crippen LogP contribution in [0.25, 0.3) is 11.6 Å². The van der Waals surface area contributed by atoms with Gasteiger partial charge in [-0.15, -0.1) is 11.3 Å². The number of nitrogens with zero attached hydrogens (tertiary/aromatic N) is 2. The number of aliphatic imine (C=N–C) groups is 1. The van der Waals surface area contributed by atoms with Crippen LogP contribution in [0.3, 0.4) is 0 Å². The highest BCUT2D eigenvalue weighted by atomic mass is 32.1. The standard InChI is InChI=1S/C20H16N2OS2/c1-13(14-7-3-2-4-8-14)22-19(23)18(25-20(22)24)11-15-12-21-17-10-6-5-9-16(15)17/h2-13,23H,1H3. The molecule has 1 aromatic heterocycles. The van der Waals surface area contributed by atoms with Crippen LogP contribution in [0.1, 0.15) is 29.0 Å². The summed E-state index contributed by atoms with van der Waals surface area (Å²) in [7, 11) is 0. The molecule has 0 fully saturated rings. The number of aromatic hydroxyl groups is 1. The van der Waals surface area contributed by atoms with Crippen LogP contribution in [-0.4, -0.2) is 15.9 Å². The number of hydrogen-bond donors (Lipinski definition) is 1. The lowest BCUT2D eigenvalue weighted by molar-refractivity contribution is 0.404. The number of allylic oxidation sites excluding steroid dienone is 1. The third kappa shape index (κ3) is 2.86. The van der Waals surface area contributed by atoms with E-state index in [1.54, 1.807) is 4.57 Å². The number of benzene rings is 2. The van der Waals surface area contributed by atoms with Crippen molar-refractivity contribution >= 4 is 47.1 Å². The van der Waals surface area contributed by atoms with Gasteiger partial charge in [0, 0.05) is 17.4 Å². The summed E-state index contributed by atoms with van der Waals surface area (Å²) < 4.78 is 2.46. The van der Waals surface area contributed by atoms with Crippen molar-refractivity contribution < 1.29 is 5.11 Å². The summed E-state index contributed by atoms with van der Waals surface area (Å²) in [5.74, 6) is 0.205. The van der Waals surface area contributed by atoms with Gasteiger partial charge in [0.1, 0.15) is 0 Å². The molecule has 0 amide bonds. The molecule has 1 aliphatic rings. The molecule has 1 unspecified atom stereocenters. The fourth-order valence-electron chi connectivity index (χ4n) is 3.01. The number of hydrogen-bond acceptors (Lipinski definition) is 4. The van der Waals surface area contributed by atoms with Gasteiger partial charge >= 0.3 is 0 Å². The predicted molar refractivity (Wildman–Crippen MR) is 108 cm³/mol. The molecule has 0 aliphatic carbocycles. The Balaban J connectivity index is 1.76. The van der Waals surface area contributed by atoms with E-state index in [4.69, 9.17) is 12.2 Å². The van der Waals surface area contributed by atoms with Crippen molar-refractivity contribution in [3.05, 3.63) is 74.6 Å². The van der Waals surface area contributed by atoms with E-state index >= 15 is 0 Å². The average molecular weight is 364 g/mol. The van der Waals surface area contributed by atoms with Crippen LogP contribution < -0.4 is 0 Å². The van der Waals surface area contributed by atoms with Gasteiger partial charge in [-0.1, -0.05) is 48.5 Å². The van der Waals surface area contributed by atoms with Gasteiger partial charge in [-0.25, -0.2) is 0 Å². The minimum absolute atomic E-state index is 0.0263. The third-order valence-electron chi connectivity index (χ3n) is 4.36. The van der Waals surface area contributed by atoms with Crippen LogP contribution in [0.2, 0.25) is 0 Å². The van der Waals surface area contributed by atoms with Crippen molar-refractivity contribution in [2.45, 2.75) is 13.0 Å². The van der Waals surface area contributed by atoms with E-state index in [0.717, 1.165) is 27.3 Å². The minimum Gasteiger partial charge on any atom is -0.493 e. The first-order valence-corrected chi connectivity index (χ1v) is 9.22. The lowest BCUT2D eigenvalue weighted by Crippen LogP contribution is -2.05. The molecule has 0 saturated heterocycles. The fourth-order valence-corrected chi connectivity index (χ4v) is 4.43. The largest absolute Gasteiger partial charge is 0.493 e. The summed E-state index contributed by atoms with van der Waals surface area (Å²) in [6.07, 6.45) is 3.79. The summed E-state index contributed by atoms with van der Waals surface area (Å²) in [6, 6.07) is 18.0. The Kier molecular flexibility index (Phi) is 4.11. The van der Waals surface area contributed by atoms with E-state index in [2.05, 4.69) is 4.99 Å². The summed E-state index contributed by atoms with van der Waals surface area (Å²) in [5.41, 5.74) is 4.12. The van der Waals surface area contributed by atoms with E-state index in [9.17, 15) is 5.11 Å². The smallest absolute Gasteiger partial charge is 0.211 e. The van der Waals surface area contributed by atoms with Crippen LogP contribution in [0.5, 0.6) is 5.88 Å². The molecule has 0 radical (unpaired) electrons. The minimum atomic E-state index is -0.0263. The van der Waals surface area contributed by atoms with Gasteiger partial charge in [-0.2, -0.15) is 0 Å². The molecule has 124 valence electrons. The summed E-state index contributed by atoms with van der Waals surface area (Å²) in [5, 5.41) is 10.8. The molecule has 0 saturated carbocycles. The third-order valence-corrected chi connectivity index (χ3v) is 5.69. The molecule has 2 aromatic carbocycles. The number of para-hydroxylation sites is 1. The molecule has 0 bridgehead atoms. The van der Waals surface area contributed by atoms with E-state index in [-0.39, 0.29) is 11.9 Å². The van der Waals surface area contributed by atoms with E-state index in [0.29, 0.717) is 3.95 Å². The summed E-state index contributed by atoms with van der Waals surface area (Å²) in [6.45, 7) is 2.04. The Morgan fingerprint density at radius 3 is 2.64 bits per heavy atom. The molecule has 2 heterocycles. The lowest BCUT2D eigenvalue weighted by Gasteiger charge is -2.15. The number of rotatable bonds is 3. The van der Waals surface area contributed by atoms with E-state index in [1.807, 2.05) is 73.8 Å². The maximum absolute atomic E-state index is 10.8. The van der Waals surface area contributed by atoms with Crippen LogP contribution in [-0.2, 0) is 0 Å². The van der Waals surface area contributed by atoms with Crippen molar-refractivity contribution in [2.75, 3.05) is 0 Å². The Morgan fingerprint density at radius 1 is 1.12 bits per heavy atom. The Morgan fingerprint density at radius 2 is 1.84 bits per heavy atom. The highest BCUT2D eigenvalue weighted by molar-refractivity contribution is 7.73. The van der Waals surface area contributed by atoms with E-state index in [1.165, 1.54) is 11.3 Å². The van der Waals surface area contributed by atoms with Crippen molar-refractivity contribution in [2.24, 2.45) is 4.99 Å². The van der Waals surface area contributed by atoms with Crippen LogP contribution in [0.4, 0.5) is 5.69 Å². The number of thiazole rings is 1. The zero-order chi connectivity index (χ0) is 17.4. The van der Waals surface area contributed by atoms with E-state index < -0.39 is 0 Å². The second-order valence-corrected chi connectivity index (χ2v) is 7.56. The topological polar surface area (TPSA) is 37.5 Å². The van der Waals surface area contributed by atoms with Gasteiger partial charge < -0.3 is 5.11 Å². The van der Waals surface area contributed by atoms with Crippen LogP contribution in [0.15, 0.2) is 59.6 Å². The second kappa shape index (κ2) is 6.43. The monoisotopic (exact) mass is 364 g/mol. The Hall–Kier alpha value is -2.50. The first kappa shape index (κ1) is 16.0. The lowest BCUT2D eigenvalue weighted by atomic mass is 10.1. The highest BCUT2D eigenvalue weighted by Crippen LogP contribution is 2.37. The fraction of sp³-hybridized carbons (Fsp3) is 0.100. The van der Waals surface area contributed by atoms with Crippen molar-refractivity contribution in [3.8, 4) is 5.88 Å². The van der Waals surface area contributed by atoms with Gasteiger partial charge in [0.2, 0.25) is 5.88 Å². The van der Waals surface area contributed by atoms with Gasteiger partial charge in [0.05, 0.1) is 16.6 Å². The molecule has 1 aliphatic heterocycles. The molecule has 4 rings (SSSR count). The van der Waals surface area contributed by atoms with Crippen molar-refractivity contribution in [1.29, 1.82) is 0 Å². The van der Waals surface area contributed by atoms with Gasteiger partial charge in [-0.3, -0.25) is 9.56 Å². The van der Waals surface area contributed by atoms with Gasteiger partial charge in [0.25, 0.3) is 0 Å². The quantitative estimate of drug-likeness (QED) is 0.592. The zero-order valence-electron chi connectivity index (χ0n) is 13.6. The number of aromatic nitrogens is 1. The normalized spacial score (nSPS) is 15.5. The van der Waals surface area contributed by atoms with Crippen LogP contribution in [0, 0.1) is 3.95 Å². The molecular formula is C20H16N2OS2. The molecule has 3 aromatic rings. The van der Waals surface area contributed by atoms with Crippen LogP contribution >= 0.6 is 23.6 Å².